The third-order valence-electron chi connectivity index (χ3n) is 3.68. The van der Waals surface area contributed by atoms with E-state index >= 15 is 0 Å². The van der Waals surface area contributed by atoms with Gasteiger partial charge in [-0.3, -0.25) is 0 Å². The highest BCUT2D eigenvalue weighted by Gasteiger charge is 2.21. The summed E-state index contributed by atoms with van der Waals surface area (Å²) in [5.41, 5.74) is 4.54. The van der Waals surface area contributed by atoms with Gasteiger partial charge in [-0.2, -0.15) is 5.26 Å². The Morgan fingerprint density at radius 3 is 2.73 bits per heavy atom. The molecule has 0 radical (unpaired) electrons. The molecule has 0 unspecified atom stereocenters. The van der Waals surface area contributed by atoms with Gasteiger partial charge in [0.1, 0.15) is 18.2 Å². The van der Waals surface area contributed by atoms with Gasteiger partial charge in [0.25, 0.3) is 0 Å². The molecule has 3 rings (SSSR count). The molecule has 2 aromatic carbocycles. The average Bonchev–Trinajstić information content (AvgIpc) is 2.70. The summed E-state index contributed by atoms with van der Waals surface area (Å²) in [4.78, 5) is 0. The van der Waals surface area contributed by atoms with Gasteiger partial charge in [0.15, 0.2) is 0 Å². The molecule has 0 atom stereocenters. The number of fused-ring (bicyclic) bond motifs is 2. The van der Waals surface area contributed by atoms with Crippen molar-refractivity contribution in [1.29, 1.82) is 5.26 Å². The third-order valence-corrected chi connectivity index (χ3v) is 3.68. The van der Waals surface area contributed by atoms with E-state index in [0.29, 0.717) is 16.9 Å². The number of nitrogens with zero attached hydrogens (tertiary/aromatic N) is 1. The molecule has 0 aliphatic carbocycles. The van der Waals surface area contributed by atoms with Gasteiger partial charge < -0.3 is 4.74 Å². The molecule has 1 aliphatic heterocycles. The second-order valence-electron chi connectivity index (χ2n) is 5.06. The Labute approximate surface area is 128 Å². The van der Waals surface area contributed by atoms with Crippen LogP contribution in [0, 0.1) is 29.5 Å². The Morgan fingerprint density at radius 2 is 2.00 bits per heavy atom. The molecule has 0 saturated carbocycles. The lowest BCUT2D eigenvalue weighted by atomic mass is 9.90. The van der Waals surface area contributed by atoms with E-state index in [9.17, 15) is 9.65 Å². The van der Waals surface area contributed by atoms with Crippen molar-refractivity contribution in [3.63, 3.8) is 0 Å². The number of nitriles is 1. The standard InChI is InChI=1S/C19H12FNO/c1-3-13-4-6-16-14(8-13)11-22-18-9-15(20)5-7-17(18)19(16)12(2)10-21/h1,4-9H,11H2,2H3/b19-12-. The first-order valence-corrected chi connectivity index (χ1v) is 6.77. The lowest BCUT2D eigenvalue weighted by Gasteiger charge is -2.11. The molecule has 0 amide bonds. The highest BCUT2D eigenvalue weighted by Crippen LogP contribution is 2.39. The van der Waals surface area contributed by atoms with Crippen LogP contribution in [0.3, 0.4) is 0 Å². The zero-order valence-electron chi connectivity index (χ0n) is 12.0. The van der Waals surface area contributed by atoms with Crippen LogP contribution in [0.25, 0.3) is 5.57 Å². The van der Waals surface area contributed by atoms with E-state index in [1.807, 2.05) is 18.2 Å². The van der Waals surface area contributed by atoms with E-state index in [1.54, 1.807) is 13.0 Å². The van der Waals surface area contributed by atoms with Crippen molar-refractivity contribution in [2.45, 2.75) is 13.5 Å². The smallest absolute Gasteiger partial charge is 0.130 e. The number of terminal acetylenes is 1. The summed E-state index contributed by atoms with van der Waals surface area (Å²) >= 11 is 0. The van der Waals surface area contributed by atoms with Crippen molar-refractivity contribution < 1.29 is 9.13 Å². The Morgan fingerprint density at radius 1 is 1.23 bits per heavy atom. The van der Waals surface area contributed by atoms with E-state index in [0.717, 1.165) is 22.3 Å². The van der Waals surface area contributed by atoms with E-state index in [4.69, 9.17) is 11.2 Å². The van der Waals surface area contributed by atoms with Crippen molar-refractivity contribution in [2.75, 3.05) is 0 Å². The van der Waals surface area contributed by atoms with Gasteiger partial charge in [-0.1, -0.05) is 12.0 Å². The third kappa shape index (κ3) is 2.24. The van der Waals surface area contributed by atoms with Crippen LogP contribution in [0.5, 0.6) is 5.75 Å². The molecule has 2 aromatic rings. The topological polar surface area (TPSA) is 33.0 Å². The van der Waals surface area contributed by atoms with Crippen LogP contribution < -0.4 is 4.74 Å². The summed E-state index contributed by atoms with van der Waals surface area (Å²) in [7, 11) is 0. The van der Waals surface area contributed by atoms with Gasteiger partial charge in [-0.05, 0) is 42.3 Å². The molecule has 3 heteroatoms. The SMILES string of the molecule is C#Cc1ccc2c(c1)COc1cc(F)ccc1/C2=C(/C)C#N. The van der Waals surface area contributed by atoms with Gasteiger partial charge in [-0.25, -0.2) is 4.39 Å². The maximum Gasteiger partial charge on any atom is 0.130 e. The highest BCUT2D eigenvalue weighted by molar-refractivity contribution is 5.88. The molecule has 0 spiro atoms. The van der Waals surface area contributed by atoms with Crippen molar-refractivity contribution in [1.82, 2.24) is 0 Å². The predicted molar refractivity (Wildman–Crippen MR) is 82.4 cm³/mol. The number of benzene rings is 2. The van der Waals surface area contributed by atoms with Gasteiger partial charge >= 0.3 is 0 Å². The molecule has 1 heterocycles. The number of hydrogen-bond donors (Lipinski definition) is 0. The maximum atomic E-state index is 13.5. The summed E-state index contributed by atoms with van der Waals surface area (Å²) in [6, 6.07) is 12.1. The van der Waals surface area contributed by atoms with E-state index in [2.05, 4.69) is 12.0 Å². The van der Waals surface area contributed by atoms with E-state index in [-0.39, 0.29) is 12.4 Å². The summed E-state index contributed by atoms with van der Waals surface area (Å²) < 4.78 is 19.2. The van der Waals surface area contributed by atoms with Crippen molar-refractivity contribution in [3.05, 3.63) is 70.0 Å². The largest absolute Gasteiger partial charge is 0.488 e. The van der Waals surface area contributed by atoms with E-state index in [1.165, 1.54) is 12.1 Å². The first-order valence-electron chi connectivity index (χ1n) is 6.77. The van der Waals surface area contributed by atoms with Crippen LogP contribution >= 0.6 is 0 Å². The van der Waals surface area contributed by atoms with Crippen LogP contribution in [-0.2, 0) is 6.61 Å². The Bertz CT molecular complexity index is 881. The minimum Gasteiger partial charge on any atom is -0.488 e. The number of halogens is 1. The average molecular weight is 289 g/mol. The van der Waals surface area contributed by atoms with Crippen LogP contribution in [-0.4, -0.2) is 0 Å². The molecule has 2 nitrogen and oxygen atoms in total. The lowest BCUT2D eigenvalue weighted by Crippen LogP contribution is -1.97. The first-order chi connectivity index (χ1) is 10.6. The van der Waals surface area contributed by atoms with Crippen LogP contribution in [0.2, 0.25) is 0 Å². The fourth-order valence-electron chi connectivity index (χ4n) is 2.63. The minimum absolute atomic E-state index is 0.281. The quantitative estimate of drug-likeness (QED) is 0.541. The Kier molecular flexibility index (Phi) is 3.41. The van der Waals surface area contributed by atoms with Gasteiger partial charge in [0.05, 0.1) is 6.07 Å². The summed E-state index contributed by atoms with van der Waals surface area (Å²) in [5, 5.41) is 9.33. The predicted octanol–water partition coefficient (Wildman–Crippen LogP) is 4.04. The molecular weight excluding hydrogens is 277 g/mol. The van der Waals surface area contributed by atoms with Crippen LogP contribution in [0.1, 0.15) is 29.2 Å². The van der Waals surface area contributed by atoms with Crippen molar-refractivity contribution >= 4 is 5.57 Å². The molecule has 22 heavy (non-hydrogen) atoms. The summed E-state index contributed by atoms with van der Waals surface area (Å²) in [6.45, 7) is 2.02. The van der Waals surface area contributed by atoms with E-state index < -0.39 is 0 Å². The molecular formula is C19H12FNO. The zero-order chi connectivity index (χ0) is 15.7. The first kappa shape index (κ1) is 13.9. The highest BCUT2D eigenvalue weighted by atomic mass is 19.1. The zero-order valence-corrected chi connectivity index (χ0v) is 12.0. The van der Waals surface area contributed by atoms with Crippen LogP contribution in [0.15, 0.2) is 42.0 Å². The molecule has 106 valence electrons. The fourth-order valence-corrected chi connectivity index (χ4v) is 2.63. The number of ether oxygens (including phenoxy) is 1. The molecule has 0 N–H and O–H groups in total. The van der Waals surface area contributed by atoms with Crippen molar-refractivity contribution in [2.24, 2.45) is 0 Å². The minimum atomic E-state index is -0.372. The molecule has 1 aliphatic rings. The monoisotopic (exact) mass is 289 g/mol. The molecule has 0 fully saturated rings. The van der Waals surface area contributed by atoms with Gasteiger partial charge in [0, 0.05) is 28.3 Å². The second-order valence-corrected chi connectivity index (χ2v) is 5.06. The summed E-state index contributed by atoms with van der Waals surface area (Å²) in [6.07, 6.45) is 5.44. The number of hydrogen-bond acceptors (Lipinski definition) is 2. The normalized spacial score (nSPS) is 14.5. The Hall–Kier alpha value is -3.04. The fraction of sp³-hybridized carbons (Fsp3) is 0.105. The van der Waals surface area contributed by atoms with Crippen LogP contribution in [0.4, 0.5) is 4.39 Å². The Balaban J connectivity index is 2.33. The second kappa shape index (κ2) is 5.39. The lowest BCUT2D eigenvalue weighted by molar-refractivity contribution is 0.305. The summed E-state index contributed by atoms with van der Waals surface area (Å²) in [5.74, 6) is 2.65. The number of rotatable bonds is 0. The van der Waals surface area contributed by atoms with Gasteiger partial charge in [0.2, 0.25) is 0 Å². The number of allylic oxidation sites excluding steroid dienone is 1. The molecule has 0 bridgehead atoms. The van der Waals surface area contributed by atoms with Crippen molar-refractivity contribution in [3.8, 4) is 24.2 Å². The van der Waals surface area contributed by atoms with Gasteiger partial charge in [-0.15, -0.1) is 6.42 Å². The molecule has 0 aromatic heterocycles. The molecule has 0 saturated heterocycles. The maximum absolute atomic E-state index is 13.5.